The van der Waals surface area contributed by atoms with E-state index in [9.17, 15) is 19.7 Å². The van der Waals surface area contributed by atoms with Gasteiger partial charge in [0, 0.05) is 17.7 Å². The van der Waals surface area contributed by atoms with E-state index in [1.54, 1.807) is 25.1 Å². The van der Waals surface area contributed by atoms with Crippen molar-refractivity contribution < 1.29 is 23.7 Å². The number of hydrogen-bond acceptors (Lipinski definition) is 7. The number of hydrogen-bond donors (Lipinski definition) is 2. The van der Waals surface area contributed by atoms with Crippen LogP contribution in [-0.4, -0.2) is 36.1 Å². The molecule has 0 radical (unpaired) electrons. The molecule has 0 aliphatic heterocycles. The molecule has 1 aromatic heterocycles. The van der Waals surface area contributed by atoms with Crippen LogP contribution in [0.15, 0.2) is 58.0 Å². The summed E-state index contributed by atoms with van der Waals surface area (Å²) in [6.45, 7) is 5.05. The summed E-state index contributed by atoms with van der Waals surface area (Å²) in [6, 6.07) is 13.5. The van der Waals surface area contributed by atoms with Crippen LogP contribution in [0.25, 0.3) is 11.3 Å². The van der Waals surface area contributed by atoms with Gasteiger partial charge in [-0.1, -0.05) is 18.2 Å². The molecule has 0 saturated heterocycles. The Morgan fingerprint density at radius 3 is 2.47 bits per heavy atom. The molecule has 2 aromatic carbocycles. The first-order valence-electron chi connectivity index (χ1n) is 10.4. The van der Waals surface area contributed by atoms with Crippen molar-refractivity contribution in [3.05, 3.63) is 81.1 Å². The number of nitro groups is 1. The molecule has 0 saturated carbocycles. The van der Waals surface area contributed by atoms with Crippen LogP contribution in [0.3, 0.4) is 0 Å². The van der Waals surface area contributed by atoms with Gasteiger partial charge in [0.15, 0.2) is 6.61 Å². The molecule has 2 N–H and O–H groups in total. The monoisotopic (exact) mass is 464 g/mol. The number of benzene rings is 2. The highest BCUT2D eigenvalue weighted by Gasteiger charge is 2.12. The number of carbonyl (C=O) groups excluding carboxylic acids is 2. The molecule has 34 heavy (non-hydrogen) atoms. The van der Waals surface area contributed by atoms with Crippen molar-refractivity contribution in [3.8, 4) is 17.1 Å². The van der Waals surface area contributed by atoms with Gasteiger partial charge in [0.25, 0.3) is 17.5 Å². The molecule has 3 rings (SSSR count). The molecule has 10 nitrogen and oxygen atoms in total. The number of carbonyl (C=O) groups is 2. The van der Waals surface area contributed by atoms with Gasteiger partial charge in [0.1, 0.15) is 17.3 Å². The lowest BCUT2D eigenvalue weighted by atomic mass is 10.1. The van der Waals surface area contributed by atoms with E-state index in [1.165, 1.54) is 18.3 Å². The van der Waals surface area contributed by atoms with Crippen LogP contribution >= 0.6 is 0 Å². The summed E-state index contributed by atoms with van der Waals surface area (Å²) >= 11 is 0. The quantitative estimate of drug-likeness (QED) is 0.283. The standard InChI is InChI=1S/C24H24N4O6/c1-15-5-4-6-16(2)24(15)33-14-23(30)25-13-22(29)27-26-12-19-8-10-21(34-19)20-9-7-18(28(31)32)11-17(20)3/h4-12H,13-14H2,1-3H3,(H,25,30)(H,27,29)/b26-12-. The third-order valence-electron chi connectivity index (χ3n) is 4.90. The number of ether oxygens (including phenoxy) is 1. The van der Waals surface area contributed by atoms with Gasteiger partial charge < -0.3 is 14.5 Å². The normalized spacial score (nSPS) is 10.8. The second kappa shape index (κ2) is 10.9. The highest BCUT2D eigenvalue weighted by molar-refractivity contribution is 5.86. The van der Waals surface area contributed by atoms with Crippen molar-refractivity contribution in [2.45, 2.75) is 20.8 Å². The minimum Gasteiger partial charge on any atom is -0.483 e. The SMILES string of the molecule is Cc1cc([N+](=O)[O-])ccc1-c1ccc(/C=N\NC(=O)CNC(=O)COc2c(C)cccc2C)o1. The molecule has 10 heteroatoms. The first-order valence-corrected chi connectivity index (χ1v) is 10.4. The van der Waals surface area contributed by atoms with E-state index >= 15 is 0 Å². The summed E-state index contributed by atoms with van der Waals surface area (Å²) in [5, 5.41) is 17.2. The fourth-order valence-electron chi connectivity index (χ4n) is 3.21. The Morgan fingerprint density at radius 1 is 1.06 bits per heavy atom. The molecule has 2 amide bonds. The van der Waals surface area contributed by atoms with Crippen LogP contribution in [0, 0.1) is 30.9 Å². The maximum Gasteiger partial charge on any atom is 0.269 e. The van der Waals surface area contributed by atoms with E-state index < -0.39 is 16.7 Å². The first kappa shape index (κ1) is 24.2. The number of hydrazone groups is 1. The van der Waals surface area contributed by atoms with Gasteiger partial charge in [-0.05, 0) is 55.7 Å². The second-order valence-electron chi connectivity index (χ2n) is 7.54. The number of nitrogens with zero attached hydrogens (tertiary/aromatic N) is 2. The van der Waals surface area contributed by atoms with E-state index in [0.29, 0.717) is 28.4 Å². The van der Waals surface area contributed by atoms with Crippen molar-refractivity contribution in [1.29, 1.82) is 0 Å². The molecule has 0 unspecified atom stereocenters. The van der Waals surface area contributed by atoms with Crippen LogP contribution in [0.4, 0.5) is 5.69 Å². The first-order chi connectivity index (χ1) is 16.2. The largest absolute Gasteiger partial charge is 0.483 e. The van der Waals surface area contributed by atoms with Gasteiger partial charge in [-0.15, -0.1) is 0 Å². The predicted octanol–water partition coefficient (Wildman–Crippen LogP) is 3.43. The number of nitrogens with one attached hydrogen (secondary N) is 2. The van der Waals surface area contributed by atoms with Gasteiger partial charge in [0.2, 0.25) is 0 Å². The zero-order chi connectivity index (χ0) is 24.7. The van der Waals surface area contributed by atoms with E-state index in [4.69, 9.17) is 9.15 Å². The average molecular weight is 464 g/mol. The molecular formula is C24H24N4O6. The third kappa shape index (κ3) is 6.28. The number of nitro benzene ring substituents is 1. The fourth-order valence-corrected chi connectivity index (χ4v) is 3.21. The smallest absolute Gasteiger partial charge is 0.269 e. The molecular weight excluding hydrogens is 440 g/mol. The van der Waals surface area contributed by atoms with Crippen molar-refractivity contribution in [2.24, 2.45) is 5.10 Å². The highest BCUT2D eigenvalue weighted by atomic mass is 16.6. The lowest BCUT2D eigenvalue weighted by Gasteiger charge is -2.11. The van der Waals surface area contributed by atoms with Crippen molar-refractivity contribution in [2.75, 3.05) is 13.2 Å². The van der Waals surface area contributed by atoms with Crippen molar-refractivity contribution in [1.82, 2.24) is 10.7 Å². The van der Waals surface area contributed by atoms with Gasteiger partial charge in [-0.2, -0.15) is 5.10 Å². The number of para-hydroxylation sites is 1. The van der Waals surface area contributed by atoms with Crippen LogP contribution in [-0.2, 0) is 9.59 Å². The molecule has 0 aliphatic carbocycles. The van der Waals surface area contributed by atoms with Gasteiger partial charge in [-0.3, -0.25) is 19.7 Å². The number of aryl methyl sites for hydroxylation is 3. The van der Waals surface area contributed by atoms with E-state index in [1.807, 2.05) is 32.0 Å². The average Bonchev–Trinajstić information content (AvgIpc) is 3.25. The number of furan rings is 1. The summed E-state index contributed by atoms with van der Waals surface area (Å²) in [4.78, 5) is 34.3. The summed E-state index contributed by atoms with van der Waals surface area (Å²) < 4.78 is 11.2. The maximum absolute atomic E-state index is 12.0. The molecule has 0 spiro atoms. The summed E-state index contributed by atoms with van der Waals surface area (Å²) in [5.41, 5.74) is 5.54. The zero-order valence-electron chi connectivity index (χ0n) is 19.0. The Morgan fingerprint density at radius 2 is 1.79 bits per heavy atom. The van der Waals surface area contributed by atoms with Gasteiger partial charge >= 0.3 is 0 Å². The lowest BCUT2D eigenvalue weighted by Crippen LogP contribution is -2.37. The van der Waals surface area contributed by atoms with E-state index in [-0.39, 0.29) is 18.8 Å². The van der Waals surface area contributed by atoms with Crippen LogP contribution in [0.5, 0.6) is 5.75 Å². The summed E-state index contributed by atoms with van der Waals surface area (Å²) in [7, 11) is 0. The lowest BCUT2D eigenvalue weighted by molar-refractivity contribution is -0.384. The summed E-state index contributed by atoms with van der Waals surface area (Å²) in [5.74, 6) is 0.578. The molecule has 0 aliphatic rings. The Balaban J connectivity index is 1.46. The van der Waals surface area contributed by atoms with E-state index in [0.717, 1.165) is 11.1 Å². The molecule has 0 bridgehead atoms. The topological polar surface area (TPSA) is 136 Å². The van der Waals surface area contributed by atoms with Gasteiger partial charge in [-0.25, -0.2) is 5.43 Å². The molecule has 1 heterocycles. The number of rotatable bonds is 9. The van der Waals surface area contributed by atoms with Crippen molar-refractivity contribution >= 4 is 23.7 Å². The van der Waals surface area contributed by atoms with Crippen LogP contribution in [0.2, 0.25) is 0 Å². The highest BCUT2D eigenvalue weighted by Crippen LogP contribution is 2.28. The minimum absolute atomic E-state index is 0.00116. The summed E-state index contributed by atoms with van der Waals surface area (Å²) in [6.07, 6.45) is 1.31. The second-order valence-corrected chi connectivity index (χ2v) is 7.54. The molecule has 3 aromatic rings. The minimum atomic E-state index is -0.519. The maximum atomic E-state index is 12.0. The molecule has 0 atom stereocenters. The van der Waals surface area contributed by atoms with Crippen molar-refractivity contribution in [3.63, 3.8) is 0 Å². The van der Waals surface area contributed by atoms with E-state index in [2.05, 4.69) is 15.8 Å². The Bertz CT molecular complexity index is 1230. The zero-order valence-corrected chi connectivity index (χ0v) is 19.0. The van der Waals surface area contributed by atoms with Gasteiger partial charge in [0.05, 0.1) is 17.7 Å². The van der Waals surface area contributed by atoms with Crippen LogP contribution in [0.1, 0.15) is 22.5 Å². The number of non-ortho nitro benzene ring substituents is 1. The Kier molecular flexibility index (Phi) is 7.75. The Labute approximate surface area is 195 Å². The molecule has 0 fully saturated rings. The Hall–Kier alpha value is -4.47. The third-order valence-corrected chi connectivity index (χ3v) is 4.90. The van der Waals surface area contributed by atoms with Crippen LogP contribution < -0.4 is 15.5 Å². The fraction of sp³-hybridized carbons (Fsp3) is 0.208. The predicted molar refractivity (Wildman–Crippen MR) is 126 cm³/mol. The molecule has 176 valence electrons. The number of amides is 2.